The number of piperidine rings is 1. The Hall–Kier alpha value is -3.48. The molecular formula is C24H26N6O. The molecule has 7 nitrogen and oxygen atoms in total. The Balaban J connectivity index is 1.32. The number of aryl methyl sites for hydroxylation is 3. The summed E-state index contributed by atoms with van der Waals surface area (Å²) in [6.07, 6.45) is 5.65. The van der Waals surface area contributed by atoms with E-state index < -0.39 is 0 Å². The maximum atomic E-state index is 13.2. The summed E-state index contributed by atoms with van der Waals surface area (Å²) in [7, 11) is 0. The van der Waals surface area contributed by atoms with Gasteiger partial charge in [-0.2, -0.15) is 0 Å². The van der Waals surface area contributed by atoms with E-state index in [9.17, 15) is 4.79 Å². The molecule has 1 aliphatic heterocycles. The number of aromatic amines is 1. The molecule has 7 heteroatoms. The zero-order valence-corrected chi connectivity index (χ0v) is 18.1. The number of nitrogens with zero attached hydrogens (tertiary/aromatic N) is 5. The molecule has 0 spiro atoms. The van der Waals surface area contributed by atoms with Gasteiger partial charge in [-0.05, 0) is 74.9 Å². The summed E-state index contributed by atoms with van der Waals surface area (Å²) >= 11 is 0. The van der Waals surface area contributed by atoms with Gasteiger partial charge in [0.15, 0.2) is 0 Å². The van der Waals surface area contributed by atoms with E-state index in [0.29, 0.717) is 5.92 Å². The molecule has 3 aromatic heterocycles. The predicted molar refractivity (Wildman–Crippen MR) is 119 cm³/mol. The average molecular weight is 415 g/mol. The number of imidazole rings is 1. The third kappa shape index (κ3) is 3.60. The van der Waals surface area contributed by atoms with Gasteiger partial charge in [-0.15, -0.1) is 5.10 Å². The smallest absolute Gasteiger partial charge is 0.253 e. The van der Waals surface area contributed by atoms with Gasteiger partial charge in [-0.3, -0.25) is 4.79 Å². The molecule has 0 atom stereocenters. The molecule has 5 rings (SSSR count). The standard InChI is InChI=1S/C24H26N6O/c1-15-4-5-20(13-22(15)23-16(2)26-17(3)27-23)24(31)29-9-6-18(7-10-29)19-8-11-30-21(12-19)14-25-28-30/h4-5,8,11-14,18H,6-7,9-10H2,1-3H3,(H,26,27). The van der Waals surface area contributed by atoms with E-state index in [0.717, 1.165) is 65.4 Å². The molecule has 1 aliphatic rings. The van der Waals surface area contributed by atoms with Crippen LogP contribution >= 0.6 is 0 Å². The van der Waals surface area contributed by atoms with E-state index in [1.54, 1.807) is 10.7 Å². The molecule has 0 saturated carbocycles. The van der Waals surface area contributed by atoms with Crippen molar-refractivity contribution in [3.05, 3.63) is 70.9 Å². The number of fused-ring (bicyclic) bond motifs is 1. The number of rotatable bonds is 3. The number of aromatic nitrogens is 5. The average Bonchev–Trinajstić information content (AvgIpc) is 3.38. The molecule has 158 valence electrons. The lowest BCUT2D eigenvalue weighted by Gasteiger charge is -2.32. The number of carbonyl (C=O) groups is 1. The monoisotopic (exact) mass is 414 g/mol. The maximum absolute atomic E-state index is 13.2. The number of hydrogen-bond acceptors (Lipinski definition) is 4. The first-order valence-corrected chi connectivity index (χ1v) is 10.7. The minimum atomic E-state index is 0.0973. The first kappa shape index (κ1) is 19.5. The normalized spacial score (nSPS) is 15.0. The van der Waals surface area contributed by atoms with Crippen LogP contribution in [0.15, 0.2) is 42.7 Å². The van der Waals surface area contributed by atoms with Crippen LogP contribution < -0.4 is 0 Å². The van der Waals surface area contributed by atoms with E-state index in [2.05, 4.69) is 39.3 Å². The van der Waals surface area contributed by atoms with Crippen molar-refractivity contribution in [3.8, 4) is 11.3 Å². The summed E-state index contributed by atoms with van der Waals surface area (Å²) in [6.45, 7) is 7.55. The maximum Gasteiger partial charge on any atom is 0.253 e. The van der Waals surface area contributed by atoms with Crippen LogP contribution in [-0.2, 0) is 0 Å². The number of amides is 1. The van der Waals surface area contributed by atoms with Gasteiger partial charge in [-0.25, -0.2) is 9.50 Å². The largest absolute Gasteiger partial charge is 0.346 e. The number of likely N-dealkylation sites (tertiary alicyclic amines) is 1. The third-order valence-electron chi connectivity index (χ3n) is 6.32. The SMILES string of the molecule is Cc1nc(-c2cc(C(=O)N3CCC(c4ccn5nncc5c4)CC3)ccc2C)c(C)[nH]1. The van der Waals surface area contributed by atoms with Crippen LogP contribution in [0, 0.1) is 20.8 Å². The highest BCUT2D eigenvalue weighted by atomic mass is 16.2. The van der Waals surface area contributed by atoms with Gasteiger partial charge in [-0.1, -0.05) is 11.3 Å². The highest BCUT2D eigenvalue weighted by Crippen LogP contribution is 2.30. The summed E-state index contributed by atoms with van der Waals surface area (Å²) in [5.41, 5.74) is 7.12. The third-order valence-corrected chi connectivity index (χ3v) is 6.32. The van der Waals surface area contributed by atoms with Gasteiger partial charge < -0.3 is 9.88 Å². The lowest BCUT2D eigenvalue weighted by molar-refractivity contribution is 0.0713. The molecule has 1 N–H and O–H groups in total. The first-order chi connectivity index (χ1) is 15.0. The van der Waals surface area contributed by atoms with Crippen LogP contribution in [0.5, 0.6) is 0 Å². The molecule has 0 radical (unpaired) electrons. The topological polar surface area (TPSA) is 79.2 Å². The number of benzene rings is 1. The van der Waals surface area contributed by atoms with Gasteiger partial charge >= 0.3 is 0 Å². The molecule has 1 aromatic carbocycles. The van der Waals surface area contributed by atoms with Gasteiger partial charge in [0.05, 0.1) is 17.4 Å². The summed E-state index contributed by atoms with van der Waals surface area (Å²) < 4.78 is 1.78. The fraction of sp³-hybridized carbons (Fsp3) is 0.333. The molecule has 0 aliphatic carbocycles. The van der Waals surface area contributed by atoms with Crippen molar-refractivity contribution in [2.75, 3.05) is 13.1 Å². The fourth-order valence-electron chi connectivity index (χ4n) is 4.58. The molecule has 0 unspecified atom stereocenters. The van der Waals surface area contributed by atoms with Crippen LogP contribution in [0.4, 0.5) is 0 Å². The summed E-state index contributed by atoms with van der Waals surface area (Å²) in [5.74, 6) is 1.43. The predicted octanol–water partition coefficient (Wildman–Crippen LogP) is 4.06. The Morgan fingerprint density at radius 2 is 1.90 bits per heavy atom. The number of pyridine rings is 1. The molecular weight excluding hydrogens is 388 g/mol. The van der Waals surface area contributed by atoms with Gasteiger partial charge in [0.1, 0.15) is 5.82 Å². The van der Waals surface area contributed by atoms with E-state index in [1.807, 2.05) is 43.1 Å². The second-order valence-corrected chi connectivity index (χ2v) is 8.46. The van der Waals surface area contributed by atoms with Crippen molar-refractivity contribution in [3.63, 3.8) is 0 Å². The lowest BCUT2D eigenvalue weighted by atomic mass is 9.89. The van der Waals surface area contributed by atoms with Crippen molar-refractivity contribution in [1.82, 2.24) is 29.7 Å². The number of nitrogens with one attached hydrogen (secondary N) is 1. The van der Waals surface area contributed by atoms with Gasteiger partial charge in [0, 0.05) is 36.1 Å². The Labute approximate surface area is 181 Å². The van der Waals surface area contributed by atoms with Crippen LogP contribution in [-0.4, -0.2) is 48.7 Å². The van der Waals surface area contributed by atoms with Crippen LogP contribution in [0.1, 0.15) is 51.8 Å². The van der Waals surface area contributed by atoms with Crippen molar-refractivity contribution in [2.24, 2.45) is 0 Å². The lowest BCUT2D eigenvalue weighted by Crippen LogP contribution is -2.38. The van der Waals surface area contributed by atoms with Crippen LogP contribution in [0.2, 0.25) is 0 Å². The Morgan fingerprint density at radius 1 is 1.10 bits per heavy atom. The second-order valence-electron chi connectivity index (χ2n) is 8.46. The molecule has 31 heavy (non-hydrogen) atoms. The van der Waals surface area contributed by atoms with Crippen molar-refractivity contribution < 1.29 is 4.79 Å². The molecule has 1 saturated heterocycles. The Kier molecular flexibility index (Phi) is 4.81. The van der Waals surface area contributed by atoms with Crippen molar-refractivity contribution in [2.45, 2.75) is 39.5 Å². The van der Waals surface area contributed by atoms with E-state index >= 15 is 0 Å². The molecule has 1 fully saturated rings. The summed E-state index contributed by atoms with van der Waals surface area (Å²) in [5, 5.41) is 7.97. The zero-order chi connectivity index (χ0) is 21.5. The minimum absolute atomic E-state index is 0.0973. The highest BCUT2D eigenvalue weighted by molar-refractivity contribution is 5.95. The molecule has 1 amide bonds. The van der Waals surface area contributed by atoms with Gasteiger partial charge in [0.2, 0.25) is 0 Å². The Morgan fingerprint density at radius 3 is 2.65 bits per heavy atom. The molecule has 4 heterocycles. The quantitative estimate of drug-likeness (QED) is 0.548. The summed E-state index contributed by atoms with van der Waals surface area (Å²) in [4.78, 5) is 23.1. The minimum Gasteiger partial charge on any atom is -0.346 e. The van der Waals surface area contributed by atoms with Crippen molar-refractivity contribution >= 4 is 11.4 Å². The second kappa shape index (κ2) is 7.65. The van der Waals surface area contributed by atoms with Crippen LogP contribution in [0.3, 0.4) is 0 Å². The van der Waals surface area contributed by atoms with Gasteiger partial charge in [0.25, 0.3) is 5.91 Å². The number of carbonyl (C=O) groups excluding carboxylic acids is 1. The molecule has 4 aromatic rings. The first-order valence-electron chi connectivity index (χ1n) is 10.7. The van der Waals surface area contributed by atoms with E-state index in [-0.39, 0.29) is 5.91 Å². The van der Waals surface area contributed by atoms with E-state index in [4.69, 9.17) is 0 Å². The fourth-order valence-corrected chi connectivity index (χ4v) is 4.58. The van der Waals surface area contributed by atoms with E-state index in [1.165, 1.54) is 5.56 Å². The van der Waals surface area contributed by atoms with Crippen molar-refractivity contribution in [1.29, 1.82) is 0 Å². The molecule has 0 bridgehead atoms. The summed E-state index contributed by atoms with van der Waals surface area (Å²) in [6, 6.07) is 10.2. The Bertz CT molecular complexity index is 1260. The number of hydrogen-bond donors (Lipinski definition) is 1. The highest BCUT2D eigenvalue weighted by Gasteiger charge is 2.25. The number of H-pyrrole nitrogens is 1. The van der Waals surface area contributed by atoms with Crippen LogP contribution in [0.25, 0.3) is 16.8 Å². The zero-order valence-electron chi connectivity index (χ0n) is 18.1.